The molecule has 192 valence electrons. The summed E-state index contributed by atoms with van der Waals surface area (Å²) in [6.45, 7) is 8.83. The zero-order chi connectivity index (χ0) is 25.7. The molecule has 2 N–H and O–H groups in total. The molecule has 1 saturated heterocycles. The van der Waals surface area contributed by atoms with Crippen molar-refractivity contribution in [2.75, 3.05) is 44.2 Å². The molecule has 1 atom stereocenters. The van der Waals surface area contributed by atoms with Gasteiger partial charge in [-0.25, -0.2) is 14.0 Å². The Kier molecular flexibility index (Phi) is 8.10. The number of rotatable bonds is 8. The quantitative estimate of drug-likeness (QED) is 0.544. The first kappa shape index (κ1) is 25.5. The number of hydrogen-bond donors (Lipinski definition) is 2. The lowest BCUT2D eigenvalue weighted by Gasteiger charge is -2.38. The molecular formula is C27H33FN4O4. The van der Waals surface area contributed by atoms with Crippen LogP contribution in [0.2, 0.25) is 0 Å². The summed E-state index contributed by atoms with van der Waals surface area (Å²) < 4.78 is 25.3. The maximum atomic E-state index is 14.2. The molecule has 36 heavy (non-hydrogen) atoms. The van der Waals surface area contributed by atoms with Crippen LogP contribution in [-0.4, -0.2) is 62.3 Å². The van der Waals surface area contributed by atoms with E-state index >= 15 is 0 Å². The van der Waals surface area contributed by atoms with Gasteiger partial charge in [-0.15, -0.1) is 0 Å². The third-order valence-corrected chi connectivity index (χ3v) is 6.18. The molecule has 8 nitrogen and oxygen atoms in total. The molecule has 1 unspecified atom stereocenters. The van der Waals surface area contributed by atoms with Crippen molar-refractivity contribution >= 4 is 17.7 Å². The smallest absolute Gasteiger partial charge is 0.338 e. The topological polar surface area (TPSA) is 83.1 Å². The monoisotopic (exact) mass is 496 g/mol. The van der Waals surface area contributed by atoms with Crippen LogP contribution in [0.4, 0.5) is 14.9 Å². The Labute approximate surface area is 211 Å². The fourth-order valence-corrected chi connectivity index (χ4v) is 4.53. The van der Waals surface area contributed by atoms with Gasteiger partial charge in [0.2, 0.25) is 0 Å². The third-order valence-electron chi connectivity index (χ3n) is 6.18. The van der Waals surface area contributed by atoms with Gasteiger partial charge in [-0.1, -0.05) is 24.3 Å². The molecule has 2 aliphatic heterocycles. The van der Waals surface area contributed by atoms with Crippen molar-refractivity contribution < 1.29 is 23.5 Å². The molecule has 1 fully saturated rings. The number of halogens is 1. The summed E-state index contributed by atoms with van der Waals surface area (Å²) >= 11 is 0. The van der Waals surface area contributed by atoms with E-state index in [4.69, 9.17) is 9.47 Å². The van der Waals surface area contributed by atoms with Gasteiger partial charge in [0.1, 0.15) is 11.6 Å². The Bertz CT molecular complexity index is 1110. The van der Waals surface area contributed by atoms with Gasteiger partial charge in [-0.3, -0.25) is 4.90 Å². The van der Waals surface area contributed by atoms with Crippen LogP contribution in [0.25, 0.3) is 0 Å². The lowest BCUT2D eigenvalue weighted by Crippen LogP contribution is -2.52. The molecule has 9 heteroatoms. The van der Waals surface area contributed by atoms with Crippen molar-refractivity contribution in [1.29, 1.82) is 0 Å². The van der Waals surface area contributed by atoms with Gasteiger partial charge in [0.05, 0.1) is 30.0 Å². The predicted octanol–water partition coefficient (Wildman–Crippen LogP) is 3.61. The van der Waals surface area contributed by atoms with Crippen molar-refractivity contribution in [3.05, 3.63) is 71.2 Å². The molecular weight excluding hydrogens is 463 g/mol. The third kappa shape index (κ3) is 5.96. The molecule has 0 aliphatic carbocycles. The molecule has 2 aromatic rings. The van der Waals surface area contributed by atoms with E-state index in [0.717, 1.165) is 5.56 Å². The number of nitrogens with zero attached hydrogens (tertiary/aromatic N) is 2. The molecule has 2 aliphatic rings. The van der Waals surface area contributed by atoms with Crippen molar-refractivity contribution in [2.24, 2.45) is 0 Å². The van der Waals surface area contributed by atoms with E-state index in [1.54, 1.807) is 19.1 Å². The van der Waals surface area contributed by atoms with Gasteiger partial charge in [0.15, 0.2) is 0 Å². The fraction of sp³-hybridized carbons (Fsp3) is 0.407. The first-order chi connectivity index (χ1) is 17.4. The number of anilines is 1. The summed E-state index contributed by atoms with van der Waals surface area (Å²) in [6.07, 6.45) is 0.0369. The number of esters is 1. The lowest BCUT2D eigenvalue weighted by molar-refractivity contribution is -0.139. The maximum Gasteiger partial charge on any atom is 0.338 e. The van der Waals surface area contributed by atoms with E-state index in [2.05, 4.69) is 15.5 Å². The summed E-state index contributed by atoms with van der Waals surface area (Å²) in [5.41, 5.74) is 2.24. The highest BCUT2D eigenvalue weighted by atomic mass is 19.1. The first-order valence-corrected chi connectivity index (χ1v) is 12.3. The molecule has 0 spiro atoms. The number of urea groups is 1. The first-order valence-electron chi connectivity index (χ1n) is 12.3. The number of para-hydroxylation sites is 1. The second-order valence-corrected chi connectivity index (χ2v) is 9.09. The Hall–Kier alpha value is -3.59. The SMILES string of the molecule is CCOC(=O)C1=C(CN2CCN(c3ccccc3F)CC2)NC(=O)NC1c1ccc(OC(C)C)cc1. The number of carbonyl (C=O) groups is 2. The van der Waals surface area contributed by atoms with Gasteiger partial charge in [0, 0.05) is 38.4 Å². The van der Waals surface area contributed by atoms with Crippen LogP contribution < -0.4 is 20.3 Å². The number of hydrogen-bond acceptors (Lipinski definition) is 6. The van der Waals surface area contributed by atoms with Gasteiger partial charge < -0.3 is 25.0 Å². The largest absolute Gasteiger partial charge is 0.491 e. The van der Waals surface area contributed by atoms with Gasteiger partial charge in [-0.05, 0) is 50.6 Å². The Morgan fingerprint density at radius 2 is 1.78 bits per heavy atom. The number of nitrogens with one attached hydrogen (secondary N) is 2. The average molecular weight is 497 g/mol. The maximum absolute atomic E-state index is 14.2. The van der Waals surface area contributed by atoms with Crippen LogP contribution in [0, 0.1) is 5.82 Å². The average Bonchev–Trinajstić information content (AvgIpc) is 2.85. The summed E-state index contributed by atoms with van der Waals surface area (Å²) in [4.78, 5) is 29.8. The Balaban J connectivity index is 1.55. The van der Waals surface area contributed by atoms with Crippen LogP contribution in [0.3, 0.4) is 0 Å². The number of piperazine rings is 1. The van der Waals surface area contributed by atoms with Crippen molar-refractivity contribution in [3.8, 4) is 5.75 Å². The van der Waals surface area contributed by atoms with Gasteiger partial charge >= 0.3 is 12.0 Å². The van der Waals surface area contributed by atoms with Crippen LogP contribution in [-0.2, 0) is 9.53 Å². The number of ether oxygens (including phenoxy) is 2. The molecule has 2 aromatic carbocycles. The zero-order valence-electron chi connectivity index (χ0n) is 20.9. The lowest BCUT2D eigenvalue weighted by atomic mass is 9.94. The van der Waals surface area contributed by atoms with Crippen molar-refractivity contribution in [3.63, 3.8) is 0 Å². The highest BCUT2D eigenvalue weighted by Gasteiger charge is 2.34. The molecule has 2 heterocycles. The van der Waals surface area contributed by atoms with Crippen LogP contribution in [0.5, 0.6) is 5.75 Å². The fourth-order valence-electron chi connectivity index (χ4n) is 4.53. The molecule has 0 saturated carbocycles. The van der Waals surface area contributed by atoms with Crippen LogP contribution >= 0.6 is 0 Å². The summed E-state index contributed by atoms with van der Waals surface area (Å²) in [7, 11) is 0. The minimum absolute atomic E-state index is 0.0369. The summed E-state index contributed by atoms with van der Waals surface area (Å²) in [5.74, 6) is -0.00218. The highest BCUT2D eigenvalue weighted by molar-refractivity contribution is 5.95. The summed E-state index contributed by atoms with van der Waals surface area (Å²) in [5, 5.41) is 5.70. The van der Waals surface area contributed by atoms with E-state index in [-0.39, 0.29) is 24.6 Å². The standard InChI is InChI=1S/C27H33FN4O4/c1-4-35-26(33)24-22(17-31-13-15-32(16-14-31)23-8-6-5-7-21(23)28)29-27(34)30-25(24)19-9-11-20(12-10-19)36-18(2)3/h5-12,18,25H,4,13-17H2,1-3H3,(H2,29,30,34). The van der Waals surface area contributed by atoms with Gasteiger partial charge in [0.25, 0.3) is 0 Å². The Morgan fingerprint density at radius 3 is 2.42 bits per heavy atom. The molecule has 2 amide bonds. The normalized spacial score (nSPS) is 18.6. The molecule has 0 bridgehead atoms. The second kappa shape index (κ2) is 11.4. The summed E-state index contributed by atoms with van der Waals surface area (Å²) in [6, 6.07) is 13.1. The molecule has 4 rings (SSSR count). The number of carbonyl (C=O) groups excluding carboxylic acids is 2. The van der Waals surface area contributed by atoms with Crippen molar-refractivity contribution in [1.82, 2.24) is 15.5 Å². The highest BCUT2D eigenvalue weighted by Crippen LogP contribution is 2.30. The van der Waals surface area contributed by atoms with E-state index in [0.29, 0.717) is 55.4 Å². The van der Waals surface area contributed by atoms with E-state index < -0.39 is 12.0 Å². The Morgan fingerprint density at radius 1 is 1.08 bits per heavy atom. The minimum atomic E-state index is -0.652. The van der Waals surface area contributed by atoms with E-state index in [1.807, 2.05) is 49.1 Å². The van der Waals surface area contributed by atoms with Gasteiger partial charge in [-0.2, -0.15) is 0 Å². The van der Waals surface area contributed by atoms with E-state index in [1.165, 1.54) is 6.07 Å². The molecule has 0 aromatic heterocycles. The zero-order valence-corrected chi connectivity index (χ0v) is 20.9. The molecule has 0 radical (unpaired) electrons. The van der Waals surface area contributed by atoms with Crippen molar-refractivity contribution in [2.45, 2.75) is 32.9 Å². The van der Waals surface area contributed by atoms with E-state index in [9.17, 15) is 14.0 Å². The minimum Gasteiger partial charge on any atom is -0.491 e. The van der Waals surface area contributed by atoms with Crippen LogP contribution in [0.1, 0.15) is 32.4 Å². The second-order valence-electron chi connectivity index (χ2n) is 9.09. The van der Waals surface area contributed by atoms with Crippen LogP contribution in [0.15, 0.2) is 59.8 Å². The number of amides is 2. The predicted molar refractivity (Wildman–Crippen MR) is 135 cm³/mol. The number of benzene rings is 2.